The summed E-state index contributed by atoms with van der Waals surface area (Å²) in [6.45, 7) is 12.5. The van der Waals surface area contributed by atoms with Crippen molar-refractivity contribution in [2.45, 2.75) is 77.3 Å². The average Bonchev–Trinajstić information content (AvgIpc) is 3.32. The van der Waals surface area contributed by atoms with Crippen LogP contribution in [0.2, 0.25) is 0 Å². The van der Waals surface area contributed by atoms with Crippen molar-refractivity contribution in [1.82, 2.24) is 9.88 Å². The number of aryl methyl sites for hydroxylation is 1. The predicted molar refractivity (Wildman–Crippen MR) is 173 cm³/mol. The first kappa shape index (κ1) is 37.3. The molecular weight excluding hydrogens is 635 g/mol. The van der Waals surface area contributed by atoms with Crippen molar-refractivity contribution in [1.29, 1.82) is 0 Å². The number of ether oxygens (including phenoxy) is 2. The second kappa shape index (κ2) is 15.9. The molecule has 12 heteroatoms. The number of aromatic nitrogens is 1. The normalized spacial score (nSPS) is 27.4. The minimum absolute atomic E-state index is 0.124. The molecule has 2 heterocycles. The molecule has 43 heavy (non-hydrogen) atoms. The maximum Gasteiger partial charge on any atom is 0.508 e. The Kier molecular flexibility index (Phi) is 13.8. The van der Waals surface area contributed by atoms with Crippen LogP contribution in [-0.4, -0.2) is 69.0 Å². The van der Waals surface area contributed by atoms with E-state index in [1.54, 1.807) is 44.1 Å². The molecule has 0 bridgehead atoms. The number of halogens is 3. The number of hydrogen-bond donors (Lipinski definition) is 1. The molecule has 240 valence electrons. The number of carbonyl (C=O) groups excluding carboxylic acids is 3. The summed E-state index contributed by atoms with van der Waals surface area (Å²) < 4.78 is 8.76. The van der Waals surface area contributed by atoms with Gasteiger partial charge in [0.2, 0.25) is 9.70 Å². The molecule has 1 N–H and O–H groups in total. The van der Waals surface area contributed by atoms with Gasteiger partial charge in [-0.1, -0.05) is 91.9 Å². The van der Waals surface area contributed by atoms with Gasteiger partial charge in [-0.05, 0) is 39.2 Å². The number of ketones is 1. The molecule has 5 atom stereocenters. The number of aliphatic hydroxyl groups excluding tert-OH is 1. The van der Waals surface area contributed by atoms with E-state index in [4.69, 9.17) is 44.3 Å². The zero-order valence-corrected chi connectivity index (χ0v) is 29.1. The average molecular weight is 678 g/mol. The largest absolute Gasteiger partial charge is 0.508 e. The van der Waals surface area contributed by atoms with Gasteiger partial charge in [0, 0.05) is 24.9 Å². The Labute approximate surface area is 274 Å². The molecule has 1 aromatic heterocycles. The summed E-state index contributed by atoms with van der Waals surface area (Å²) in [5.74, 6) is -1.93. The van der Waals surface area contributed by atoms with Crippen LogP contribution >= 0.6 is 46.1 Å². The smallest absolute Gasteiger partial charge is 0.430 e. The molecule has 2 rings (SSSR count). The van der Waals surface area contributed by atoms with E-state index >= 15 is 0 Å². The number of hydrogen-bond acceptors (Lipinski definition) is 8. The van der Waals surface area contributed by atoms with E-state index in [9.17, 15) is 19.5 Å². The number of carbonyl (C=O) groups is 3. The topological polar surface area (TPSA) is 106 Å². The van der Waals surface area contributed by atoms with Crippen LogP contribution < -0.4 is 0 Å². The highest BCUT2D eigenvalue weighted by Gasteiger charge is 2.44. The lowest BCUT2D eigenvalue weighted by Gasteiger charge is -2.36. The zero-order chi connectivity index (χ0) is 32.7. The highest BCUT2D eigenvalue weighted by molar-refractivity contribution is 7.09. The van der Waals surface area contributed by atoms with Gasteiger partial charge in [0.1, 0.15) is 18.5 Å². The van der Waals surface area contributed by atoms with Crippen molar-refractivity contribution < 1.29 is 29.0 Å². The minimum atomic E-state index is -1.82. The van der Waals surface area contributed by atoms with Crippen LogP contribution in [0.15, 0.2) is 34.8 Å². The van der Waals surface area contributed by atoms with Gasteiger partial charge in [0.25, 0.3) is 0 Å². The lowest BCUT2D eigenvalue weighted by Crippen LogP contribution is -2.47. The molecule has 0 aliphatic carbocycles. The van der Waals surface area contributed by atoms with Crippen LogP contribution in [0.25, 0.3) is 6.08 Å². The van der Waals surface area contributed by atoms with Gasteiger partial charge < -0.3 is 19.5 Å². The molecule has 0 aromatic carbocycles. The highest BCUT2D eigenvalue weighted by atomic mass is 35.6. The first-order valence-corrected chi connectivity index (χ1v) is 16.1. The van der Waals surface area contributed by atoms with Gasteiger partial charge in [-0.3, -0.25) is 9.59 Å². The van der Waals surface area contributed by atoms with Crippen molar-refractivity contribution in [3.8, 4) is 0 Å². The molecular formula is C31H43Cl3N2O6S. The van der Waals surface area contributed by atoms with Crippen LogP contribution in [-0.2, 0) is 19.1 Å². The fraction of sp³-hybridized carbons (Fsp3) is 0.613. The van der Waals surface area contributed by atoms with Gasteiger partial charge in [-0.25, -0.2) is 9.78 Å². The van der Waals surface area contributed by atoms with Crippen LogP contribution in [0.1, 0.15) is 65.1 Å². The molecule has 1 aliphatic heterocycles. The molecule has 0 saturated heterocycles. The predicted octanol–water partition coefficient (Wildman–Crippen LogP) is 7.35. The van der Waals surface area contributed by atoms with Crippen molar-refractivity contribution in [3.05, 3.63) is 45.5 Å². The summed E-state index contributed by atoms with van der Waals surface area (Å²) in [5, 5.41) is 14.1. The van der Waals surface area contributed by atoms with Gasteiger partial charge in [-0.2, -0.15) is 0 Å². The van der Waals surface area contributed by atoms with E-state index in [-0.39, 0.29) is 29.9 Å². The maximum absolute atomic E-state index is 13.8. The maximum atomic E-state index is 13.8. The van der Waals surface area contributed by atoms with E-state index in [2.05, 4.69) is 11.1 Å². The number of alkyl halides is 3. The Balaban J connectivity index is 2.47. The fourth-order valence-corrected chi connectivity index (χ4v) is 5.69. The molecule has 0 fully saturated rings. The van der Waals surface area contributed by atoms with Crippen LogP contribution in [0.3, 0.4) is 0 Å². The third-order valence-corrected chi connectivity index (χ3v) is 8.85. The molecule has 1 amide bonds. The lowest BCUT2D eigenvalue weighted by atomic mass is 9.73. The standard InChI is InChI=1S/C31H43Cl3N2O6S/c1-18-10-9-11-19(2)27(42-29(40)41-17-31(32,33)34)21(4)28(39)30(6,7)25(37)14-26(38)36(8)15-23(12-18)20(3)13-24-16-43-22(5)35-24/h9-10,12-13,16,19,21,23,25,27,37H,11,14-15,17H2,1-8H3/b10-9+,18-12?,20-13?/t19-,21+,23+,25-,27-/m0/s1. The van der Waals surface area contributed by atoms with E-state index in [1.807, 2.05) is 51.3 Å². The van der Waals surface area contributed by atoms with Gasteiger partial charge in [-0.15, -0.1) is 11.3 Å². The molecule has 8 nitrogen and oxygen atoms in total. The van der Waals surface area contributed by atoms with E-state index in [1.165, 1.54) is 0 Å². The van der Waals surface area contributed by atoms with Gasteiger partial charge >= 0.3 is 6.16 Å². The highest BCUT2D eigenvalue weighted by Crippen LogP contribution is 2.34. The van der Waals surface area contributed by atoms with Crippen molar-refractivity contribution in [3.63, 3.8) is 0 Å². The Morgan fingerprint density at radius 3 is 2.49 bits per heavy atom. The molecule has 0 radical (unpaired) electrons. The van der Waals surface area contributed by atoms with Crippen LogP contribution in [0.5, 0.6) is 0 Å². The zero-order valence-electron chi connectivity index (χ0n) is 26.0. The molecule has 0 spiro atoms. The summed E-state index contributed by atoms with van der Waals surface area (Å²) in [6.07, 6.45) is 4.99. The third kappa shape index (κ3) is 11.5. The van der Waals surface area contributed by atoms with Crippen LogP contribution in [0, 0.1) is 30.1 Å². The summed E-state index contributed by atoms with van der Waals surface area (Å²) >= 11 is 18.7. The van der Waals surface area contributed by atoms with Crippen molar-refractivity contribution in [2.75, 3.05) is 20.2 Å². The number of aliphatic hydroxyl groups is 1. The van der Waals surface area contributed by atoms with Gasteiger partial charge in [0.05, 0.1) is 34.6 Å². The minimum Gasteiger partial charge on any atom is -0.430 e. The molecule has 0 unspecified atom stereocenters. The van der Waals surface area contributed by atoms with E-state index in [0.29, 0.717) is 13.0 Å². The summed E-state index contributed by atoms with van der Waals surface area (Å²) in [5.41, 5.74) is 1.54. The Hall–Kier alpha value is -1.91. The lowest BCUT2D eigenvalue weighted by molar-refractivity contribution is -0.145. The second-order valence-electron chi connectivity index (χ2n) is 11.9. The Bertz CT molecular complexity index is 1240. The number of rotatable bonds is 4. The third-order valence-electron chi connectivity index (χ3n) is 7.74. The monoisotopic (exact) mass is 676 g/mol. The summed E-state index contributed by atoms with van der Waals surface area (Å²) in [7, 11) is 1.69. The fourth-order valence-electron chi connectivity index (χ4n) is 4.96. The van der Waals surface area contributed by atoms with Crippen LogP contribution in [0.4, 0.5) is 4.79 Å². The van der Waals surface area contributed by atoms with E-state index in [0.717, 1.165) is 21.8 Å². The van der Waals surface area contributed by atoms with Gasteiger partial charge in [0.15, 0.2) is 0 Å². The van der Waals surface area contributed by atoms with E-state index < -0.39 is 40.1 Å². The SMILES string of the molecule is CC1=C[C@@H](C(C)=Cc2csc(C)n2)CN(C)C(=O)C[C@H](O)C(C)(C)C(=O)[C@H](C)[C@@H](OC(=O)OCC(Cl)(Cl)Cl)[C@@H](C)C/C=C/1. The summed E-state index contributed by atoms with van der Waals surface area (Å²) in [6, 6.07) is 0. The molecule has 0 saturated carbocycles. The number of nitrogens with zero attached hydrogens (tertiary/aromatic N) is 2. The first-order chi connectivity index (χ1) is 19.8. The second-order valence-corrected chi connectivity index (χ2v) is 15.5. The molecule has 1 aliphatic rings. The first-order valence-electron chi connectivity index (χ1n) is 14.1. The molecule has 1 aromatic rings. The summed E-state index contributed by atoms with van der Waals surface area (Å²) in [4.78, 5) is 45.7. The number of allylic oxidation sites excluding steroid dienone is 3. The Morgan fingerprint density at radius 1 is 1.26 bits per heavy atom. The van der Waals surface area contributed by atoms with Crippen molar-refractivity contribution in [2.24, 2.45) is 23.2 Å². The number of thiazole rings is 1. The quantitative estimate of drug-likeness (QED) is 0.263. The number of amides is 1. The number of Topliss-reactive ketones (excluding diaryl/α,β-unsaturated/α-hetero) is 1. The Morgan fingerprint density at radius 2 is 1.91 bits per heavy atom. The van der Waals surface area contributed by atoms with Crippen molar-refractivity contribution >= 4 is 70.1 Å².